The lowest BCUT2D eigenvalue weighted by Gasteiger charge is -2.33. The van der Waals surface area contributed by atoms with Gasteiger partial charge in [0.15, 0.2) is 0 Å². The first kappa shape index (κ1) is 17.4. The molecule has 1 unspecified atom stereocenters. The van der Waals surface area contributed by atoms with Crippen molar-refractivity contribution in [2.24, 2.45) is 5.92 Å². The van der Waals surface area contributed by atoms with Crippen LogP contribution < -0.4 is 5.32 Å². The zero-order chi connectivity index (χ0) is 15.7. The molecule has 0 bridgehead atoms. The summed E-state index contributed by atoms with van der Waals surface area (Å²) in [5.74, 6) is 0.385. The van der Waals surface area contributed by atoms with E-state index < -0.39 is 10.0 Å². The lowest BCUT2D eigenvalue weighted by Crippen LogP contribution is -2.46. The van der Waals surface area contributed by atoms with Crippen LogP contribution >= 0.6 is 27.3 Å². The number of piperidine rings is 1. The average molecular weight is 395 g/mol. The largest absolute Gasteiger partial charge is 0.312 e. The Balaban J connectivity index is 2.03. The highest BCUT2D eigenvalue weighted by Gasteiger charge is 2.31. The van der Waals surface area contributed by atoms with Gasteiger partial charge < -0.3 is 5.32 Å². The van der Waals surface area contributed by atoms with Crippen LogP contribution in [0.2, 0.25) is 0 Å². The van der Waals surface area contributed by atoms with Gasteiger partial charge in [0.2, 0.25) is 0 Å². The molecule has 0 amide bonds. The molecule has 4 nitrogen and oxygen atoms in total. The Kier molecular flexibility index (Phi) is 5.52. The second-order valence-corrected chi connectivity index (χ2v) is 11.2. The zero-order valence-electron chi connectivity index (χ0n) is 12.7. The normalized spacial score (nSPS) is 21.6. The Morgan fingerprint density at radius 3 is 2.71 bits per heavy atom. The minimum atomic E-state index is -3.33. The first-order valence-electron chi connectivity index (χ1n) is 7.19. The van der Waals surface area contributed by atoms with Crippen molar-refractivity contribution >= 4 is 37.3 Å². The first-order valence-corrected chi connectivity index (χ1v) is 10.2. The molecule has 0 spiro atoms. The summed E-state index contributed by atoms with van der Waals surface area (Å²) in [7, 11) is -3.33. The summed E-state index contributed by atoms with van der Waals surface area (Å²) in [5.41, 5.74) is 0.0692. The number of hydrogen-bond donors (Lipinski definition) is 1. The van der Waals surface area contributed by atoms with Crippen molar-refractivity contribution < 1.29 is 8.42 Å². The molecule has 2 rings (SSSR count). The van der Waals surface area contributed by atoms with Crippen molar-refractivity contribution in [3.8, 4) is 0 Å². The summed E-state index contributed by atoms with van der Waals surface area (Å²) in [5, 5.41) is 3.48. The van der Waals surface area contributed by atoms with Gasteiger partial charge in [-0.15, -0.1) is 11.3 Å². The Bertz CT molecular complexity index is 578. The summed E-state index contributed by atoms with van der Waals surface area (Å²) >= 11 is 4.61. The van der Waals surface area contributed by atoms with Gasteiger partial charge in [-0.05, 0) is 74.1 Å². The zero-order valence-corrected chi connectivity index (χ0v) is 15.9. The Morgan fingerprint density at radius 2 is 2.14 bits per heavy atom. The molecule has 0 aromatic carbocycles. The van der Waals surface area contributed by atoms with E-state index in [1.165, 1.54) is 11.3 Å². The molecule has 120 valence electrons. The van der Waals surface area contributed by atoms with Crippen molar-refractivity contribution in [3.05, 3.63) is 15.9 Å². The van der Waals surface area contributed by atoms with Gasteiger partial charge in [-0.2, -0.15) is 4.31 Å². The second-order valence-electron chi connectivity index (χ2n) is 6.56. The van der Waals surface area contributed by atoms with E-state index in [0.29, 0.717) is 23.2 Å². The lowest BCUT2D eigenvalue weighted by molar-refractivity contribution is 0.245. The minimum Gasteiger partial charge on any atom is -0.312 e. The molecule has 7 heteroatoms. The predicted molar refractivity (Wildman–Crippen MR) is 91.3 cm³/mol. The monoisotopic (exact) mass is 394 g/mol. The fourth-order valence-electron chi connectivity index (χ4n) is 2.43. The van der Waals surface area contributed by atoms with Crippen LogP contribution in [0.15, 0.2) is 20.1 Å². The third kappa shape index (κ3) is 4.76. The lowest BCUT2D eigenvalue weighted by atomic mass is 9.98. The topological polar surface area (TPSA) is 49.4 Å². The minimum absolute atomic E-state index is 0.0692. The highest BCUT2D eigenvalue weighted by atomic mass is 79.9. The Hall–Kier alpha value is 0.0500. The van der Waals surface area contributed by atoms with E-state index in [1.54, 1.807) is 16.4 Å². The van der Waals surface area contributed by atoms with Gasteiger partial charge in [-0.1, -0.05) is 0 Å². The van der Waals surface area contributed by atoms with E-state index in [2.05, 4.69) is 42.0 Å². The first-order chi connectivity index (χ1) is 9.68. The molecule has 0 saturated carbocycles. The Morgan fingerprint density at radius 1 is 1.43 bits per heavy atom. The number of rotatable bonds is 4. The summed E-state index contributed by atoms with van der Waals surface area (Å²) < 4.78 is 28.2. The van der Waals surface area contributed by atoms with Gasteiger partial charge in [0.1, 0.15) is 4.21 Å². The maximum absolute atomic E-state index is 12.6. The predicted octanol–water partition coefficient (Wildman–Crippen LogP) is 3.30. The van der Waals surface area contributed by atoms with Gasteiger partial charge in [0.25, 0.3) is 10.0 Å². The number of thiophene rings is 1. The molecule has 1 aliphatic rings. The third-order valence-corrected chi connectivity index (χ3v) is 7.50. The van der Waals surface area contributed by atoms with Crippen molar-refractivity contribution in [3.63, 3.8) is 0 Å². The molecule has 1 N–H and O–H groups in total. The maximum Gasteiger partial charge on any atom is 0.252 e. The quantitative estimate of drug-likeness (QED) is 0.851. The van der Waals surface area contributed by atoms with Gasteiger partial charge in [-0.3, -0.25) is 0 Å². The van der Waals surface area contributed by atoms with Crippen LogP contribution in [-0.2, 0) is 10.0 Å². The van der Waals surface area contributed by atoms with Crippen LogP contribution in [0.4, 0.5) is 0 Å². The van der Waals surface area contributed by atoms with Crippen molar-refractivity contribution in [2.45, 2.75) is 43.4 Å². The molecule has 0 aliphatic carbocycles. The number of nitrogens with one attached hydrogen (secondary N) is 1. The standard InChI is InChI=1S/C14H23BrN2O2S2/c1-14(2,3)16-9-11-5-4-8-17(10-11)21(18,19)13-7-6-12(15)20-13/h6-7,11,16H,4-5,8-10H2,1-3H3. The Labute approximate surface area is 140 Å². The molecule has 2 heterocycles. The number of hydrogen-bond acceptors (Lipinski definition) is 4. The van der Waals surface area contributed by atoms with Crippen LogP contribution in [0.3, 0.4) is 0 Å². The van der Waals surface area contributed by atoms with Crippen molar-refractivity contribution in [2.75, 3.05) is 19.6 Å². The molecule has 1 fully saturated rings. The van der Waals surface area contributed by atoms with Crippen LogP contribution in [0.25, 0.3) is 0 Å². The third-order valence-electron chi connectivity index (χ3n) is 3.55. The van der Waals surface area contributed by atoms with E-state index >= 15 is 0 Å². The smallest absolute Gasteiger partial charge is 0.252 e. The summed E-state index contributed by atoms with van der Waals surface area (Å²) in [6.45, 7) is 8.50. The molecule has 21 heavy (non-hydrogen) atoms. The highest BCUT2D eigenvalue weighted by Crippen LogP contribution is 2.30. The molecule has 1 aromatic rings. The van der Waals surface area contributed by atoms with Crippen LogP contribution in [-0.4, -0.2) is 37.9 Å². The number of sulfonamides is 1. The van der Waals surface area contributed by atoms with Crippen molar-refractivity contribution in [1.82, 2.24) is 9.62 Å². The molecule has 0 radical (unpaired) electrons. The van der Waals surface area contributed by atoms with E-state index in [4.69, 9.17) is 0 Å². The average Bonchev–Trinajstić information content (AvgIpc) is 2.83. The fraction of sp³-hybridized carbons (Fsp3) is 0.714. The van der Waals surface area contributed by atoms with Gasteiger partial charge in [0.05, 0.1) is 3.79 Å². The summed E-state index contributed by atoms with van der Waals surface area (Å²) in [4.78, 5) is 0. The summed E-state index contributed by atoms with van der Waals surface area (Å²) in [6, 6.07) is 3.47. The molecule has 1 saturated heterocycles. The molecule has 1 aliphatic heterocycles. The number of halogens is 1. The van der Waals surface area contributed by atoms with Gasteiger partial charge in [-0.25, -0.2) is 8.42 Å². The number of nitrogens with zero attached hydrogens (tertiary/aromatic N) is 1. The molecule has 1 atom stereocenters. The molecular formula is C14H23BrN2O2S2. The molecular weight excluding hydrogens is 372 g/mol. The highest BCUT2D eigenvalue weighted by molar-refractivity contribution is 9.11. The van der Waals surface area contributed by atoms with Crippen LogP contribution in [0, 0.1) is 5.92 Å². The van der Waals surface area contributed by atoms with Gasteiger partial charge in [0, 0.05) is 18.6 Å². The van der Waals surface area contributed by atoms with Crippen LogP contribution in [0.1, 0.15) is 33.6 Å². The molecule has 1 aromatic heterocycles. The second kappa shape index (κ2) is 6.66. The SMILES string of the molecule is CC(C)(C)NCC1CCCN(S(=O)(=O)c2ccc(Br)s2)C1. The van der Waals surface area contributed by atoms with E-state index in [9.17, 15) is 8.42 Å². The van der Waals surface area contributed by atoms with Crippen LogP contribution in [0.5, 0.6) is 0 Å². The van der Waals surface area contributed by atoms with Gasteiger partial charge >= 0.3 is 0 Å². The van der Waals surface area contributed by atoms with E-state index in [0.717, 1.165) is 23.2 Å². The van der Waals surface area contributed by atoms with E-state index in [1.807, 2.05) is 0 Å². The van der Waals surface area contributed by atoms with E-state index in [-0.39, 0.29) is 5.54 Å². The maximum atomic E-state index is 12.6. The fourth-order valence-corrected chi connectivity index (χ4v) is 6.14. The van der Waals surface area contributed by atoms with Crippen molar-refractivity contribution in [1.29, 1.82) is 0 Å². The summed E-state index contributed by atoms with van der Waals surface area (Å²) in [6.07, 6.45) is 2.02.